The molecular formula is C14H19BrO3. The second-order valence-electron chi connectivity index (χ2n) is 5.47. The second kappa shape index (κ2) is 5.49. The number of benzene rings is 1. The van der Waals surface area contributed by atoms with Crippen molar-refractivity contribution in [2.75, 3.05) is 19.8 Å². The van der Waals surface area contributed by atoms with Crippen LogP contribution in [0, 0.1) is 5.41 Å². The molecule has 100 valence electrons. The van der Waals surface area contributed by atoms with Crippen LogP contribution < -0.4 is 9.47 Å². The van der Waals surface area contributed by atoms with Crippen molar-refractivity contribution in [2.45, 2.75) is 26.7 Å². The van der Waals surface area contributed by atoms with E-state index in [1.54, 1.807) is 0 Å². The standard InChI is InChI=1S/C14H19BrO3/c1-14(2)8-17-12-7-10(4-3-5-16)6-11(15)13(12)18-9-14/h6-7,16H,3-5,8-9H2,1-2H3. The van der Waals surface area contributed by atoms with E-state index in [4.69, 9.17) is 14.6 Å². The van der Waals surface area contributed by atoms with Crippen LogP contribution in [0.3, 0.4) is 0 Å². The largest absolute Gasteiger partial charge is 0.489 e. The predicted octanol–water partition coefficient (Wildman–Crippen LogP) is 3.17. The van der Waals surface area contributed by atoms with E-state index in [9.17, 15) is 0 Å². The van der Waals surface area contributed by atoms with Crippen LogP contribution in [-0.4, -0.2) is 24.9 Å². The van der Waals surface area contributed by atoms with E-state index in [0.717, 1.165) is 34.4 Å². The molecule has 2 rings (SSSR count). The number of aliphatic hydroxyl groups is 1. The van der Waals surface area contributed by atoms with Crippen molar-refractivity contribution in [3.05, 3.63) is 22.2 Å². The third-order valence-electron chi connectivity index (χ3n) is 2.92. The normalized spacial score (nSPS) is 17.3. The van der Waals surface area contributed by atoms with Crippen LogP contribution in [-0.2, 0) is 6.42 Å². The highest BCUT2D eigenvalue weighted by Gasteiger charge is 2.26. The monoisotopic (exact) mass is 314 g/mol. The fraction of sp³-hybridized carbons (Fsp3) is 0.571. The summed E-state index contributed by atoms with van der Waals surface area (Å²) in [5, 5.41) is 8.88. The molecule has 4 heteroatoms. The van der Waals surface area contributed by atoms with Crippen LogP contribution in [0.15, 0.2) is 16.6 Å². The van der Waals surface area contributed by atoms with Gasteiger partial charge in [0.25, 0.3) is 0 Å². The van der Waals surface area contributed by atoms with Gasteiger partial charge in [-0.15, -0.1) is 0 Å². The first-order valence-electron chi connectivity index (χ1n) is 6.21. The number of ether oxygens (including phenoxy) is 2. The number of hydrogen-bond donors (Lipinski definition) is 1. The molecule has 0 aliphatic carbocycles. The van der Waals surface area contributed by atoms with Gasteiger partial charge < -0.3 is 14.6 Å². The molecule has 1 aromatic rings. The first kappa shape index (κ1) is 13.7. The van der Waals surface area contributed by atoms with Gasteiger partial charge in [-0.25, -0.2) is 0 Å². The SMILES string of the molecule is CC1(C)COc2cc(CCCO)cc(Br)c2OC1. The van der Waals surface area contributed by atoms with Gasteiger partial charge in [-0.1, -0.05) is 13.8 Å². The molecule has 1 aliphatic heterocycles. The topological polar surface area (TPSA) is 38.7 Å². The van der Waals surface area contributed by atoms with Crippen LogP contribution in [0.2, 0.25) is 0 Å². The van der Waals surface area contributed by atoms with Gasteiger partial charge in [0, 0.05) is 12.0 Å². The van der Waals surface area contributed by atoms with Crippen molar-refractivity contribution in [1.29, 1.82) is 0 Å². The molecule has 1 N–H and O–H groups in total. The van der Waals surface area contributed by atoms with E-state index in [1.165, 1.54) is 0 Å². The van der Waals surface area contributed by atoms with Crippen molar-refractivity contribution >= 4 is 15.9 Å². The summed E-state index contributed by atoms with van der Waals surface area (Å²) in [7, 11) is 0. The van der Waals surface area contributed by atoms with Gasteiger partial charge in [-0.3, -0.25) is 0 Å². The highest BCUT2D eigenvalue weighted by Crippen LogP contribution is 2.40. The Hall–Kier alpha value is -0.740. The highest BCUT2D eigenvalue weighted by molar-refractivity contribution is 9.10. The molecule has 0 aromatic heterocycles. The summed E-state index contributed by atoms with van der Waals surface area (Å²) in [6, 6.07) is 4.05. The summed E-state index contributed by atoms with van der Waals surface area (Å²) in [6.45, 7) is 5.75. The molecule has 0 radical (unpaired) electrons. The smallest absolute Gasteiger partial charge is 0.175 e. The Labute approximate surface area is 116 Å². The lowest BCUT2D eigenvalue weighted by molar-refractivity contribution is 0.140. The highest BCUT2D eigenvalue weighted by atomic mass is 79.9. The van der Waals surface area contributed by atoms with Gasteiger partial charge in [0.1, 0.15) is 0 Å². The van der Waals surface area contributed by atoms with E-state index in [-0.39, 0.29) is 12.0 Å². The van der Waals surface area contributed by atoms with Crippen LogP contribution in [0.4, 0.5) is 0 Å². The third kappa shape index (κ3) is 3.18. The fourth-order valence-corrected chi connectivity index (χ4v) is 2.48. The minimum atomic E-state index is 0.0176. The molecule has 0 atom stereocenters. The van der Waals surface area contributed by atoms with Crippen molar-refractivity contribution in [3.63, 3.8) is 0 Å². The molecule has 0 spiro atoms. The minimum absolute atomic E-state index is 0.0176. The van der Waals surface area contributed by atoms with Gasteiger partial charge in [0.15, 0.2) is 11.5 Å². The summed E-state index contributed by atoms with van der Waals surface area (Å²) in [5.74, 6) is 1.58. The summed E-state index contributed by atoms with van der Waals surface area (Å²) in [5.41, 5.74) is 1.17. The summed E-state index contributed by atoms with van der Waals surface area (Å²) in [6.07, 6.45) is 1.60. The van der Waals surface area contributed by atoms with Crippen molar-refractivity contribution in [3.8, 4) is 11.5 Å². The van der Waals surface area contributed by atoms with E-state index in [1.807, 2.05) is 12.1 Å². The summed E-state index contributed by atoms with van der Waals surface area (Å²) in [4.78, 5) is 0. The second-order valence-corrected chi connectivity index (χ2v) is 6.33. The average molecular weight is 315 g/mol. The molecule has 1 heterocycles. The quantitative estimate of drug-likeness (QED) is 0.931. The Morgan fingerprint density at radius 1 is 1.28 bits per heavy atom. The van der Waals surface area contributed by atoms with Crippen molar-refractivity contribution < 1.29 is 14.6 Å². The maximum absolute atomic E-state index is 8.88. The van der Waals surface area contributed by atoms with E-state index >= 15 is 0 Å². The molecule has 0 amide bonds. The molecule has 0 saturated heterocycles. The molecule has 0 saturated carbocycles. The molecular weight excluding hydrogens is 296 g/mol. The number of halogens is 1. The summed E-state index contributed by atoms with van der Waals surface area (Å²) < 4.78 is 12.6. The lowest BCUT2D eigenvalue weighted by Crippen LogP contribution is -2.26. The molecule has 18 heavy (non-hydrogen) atoms. The van der Waals surface area contributed by atoms with E-state index in [2.05, 4.69) is 29.8 Å². The molecule has 1 aliphatic rings. The average Bonchev–Trinajstić information content (AvgIpc) is 2.46. The number of aliphatic hydroxyl groups excluding tert-OH is 1. The van der Waals surface area contributed by atoms with Crippen LogP contribution in [0.25, 0.3) is 0 Å². The Bertz CT molecular complexity index is 429. The molecule has 0 unspecified atom stereocenters. The molecule has 1 aromatic carbocycles. The Morgan fingerprint density at radius 3 is 2.72 bits per heavy atom. The van der Waals surface area contributed by atoms with Gasteiger partial charge in [-0.2, -0.15) is 0 Å². The van der Waals surface area contributed by atoms with Crippen molar-refractivity contribution in [2.24, 2.45) is 5.41 Å². The van der Waals surface area contributed by atoms with E-state index < -0.39 is 0 Å². The van der Waals surface area contributed by atoms with Crippen LogP contribution in [0.5, 0.6) is 11.5 Å². The molecule has 0 bridgehead atoms. The van der Waals surface area contributed by atoms with Gasteiger partial charge in [-0.05, 0) is 46.5 Å². The number of aryl methyl sites for hydroxylation is 1. The number of fused-ring (bicyclic) bond motifs is 1. The van der Waals surface area contributed by atoms with Crippen LogP contribution >= 0.6 is 15.9 Å². The van der Waals surface area contributed by atoms with Crippen molar-refractivity contribution in [1.82, 2.24) is 0 Å². The maximum Gasteiger partial charge on any atom is 0.175 e. The number of rotatable bonds is 3. The fourth-order valence-electron chi connectivity index (χ4n) is 1.88. The van der Waals surface area contributed by atoms with Gasteiger partial charge in [0.05, 0.1) is 17.7 Å². The first-order chi connectivity index (χ1) is 8.52. The Kier molecular flexibility index (Phi) is 4.17. The Morgan fingerprint density at radius 2 is 2.00 bits per heavy atom. The lowest BCUT2D eigenvalue weighted by Gasteiger charge is -2.19. The Balaban J connectivity index is 2.25. The van der Waals surface area contributed by atoms with Gasteiger partial charge >= 0.3 is 0 Å². The predicted molar refractivity (Wildman–Crippen MR) is 74.3 cm³/mol. The minimum Gasteiger partial charge on any atom is -0.489 e. The zero-order chi connectivity index (χ0) is 13.2. The van der Waals surface area contributed by atoms with Gasteiger partial charge in [0.2, 0.25) is 0 Å². The van der Waals surface area contributed by atoms with Crippen LogP contribution in [0.1, 0.15) is 25.8 Å². The molecule has 3 nitrogen and oxygen atoms in total. The first-order valence-corrected chi connectivity index (χ1v) is 7.00. The maximum atomic E-state index is 8.88. The lowest BCUT2D eigenvalue weighted by atomic mass is 9.97. The summed E-state index contributed by atoms with van der Waals surface area (Å²) >= 11 is 3.53. The van der Waals surface area contributed by atoms with E-state index in [0.29, 0.717) is 13.2 Å². The zero-order valence-electron chi connectivity index (χ0n) is 10.8. The third-order valence-corrected chi connectivity index (χ3v) is 3.51. The molecule has 0 fully saturated rings. The number of hydrogen-bond acceptors (Lipinski definition) is 3. The zero-order valence-corrected chi connectivity index (χ0v) is 12.4.